The molecule has 0 saturated heterocycles. The van der Waals surface area contributed by atoms with Gasteiger partial charge in [0.2, 0.25) is 0 Å². The number of Topliss-reactive ketones (excluding diaryl/α,β-unsaturated/α-hetero) is 1. The van der Waals surface area contributed by atoms with Gasteiger partial charge in [0.1, 0.15) is 0 Å². The van der Waals surface area contributed by atoms with Crippen molar-refractivity contribution in [1.82, 2.24) is 5.32 Å². The van der Waals surface area contributed by atoms with Gasteiger partial charge in [-0.2, -0.15) is 0 Å². The molecule has 17 heavy (non-hydrogen) atoms. The first-order chi connectivity index (χ1) is 8.15. The molecule has 0 aliphatic rings. The van der Waals surface area contributed by atoms with E-state index in [1.54, 1.807) is 30.3 Å². The third-order valence-corrected chi connectivity index (χ3v) is 2.25. The van der Waals surface area contributed by atoms with Gasteiger partial charge >= 0.3 is 6.09 Å². The van der Waals surface area contributed by atoms with Crippen molar-refractivity contribution >= 4 is 11.9 Å². The molecular formula is C13H13NO3. The van der Waals surface area contributed by atoms with Crippen LogP contribution in [0.5, 0.6) is 0 Å². The summed E-state index contributed by atoms with van der Waals surface area (Å²) in [7, 11) is 0. The summed E-state index contributed by atoms with van der Waals surface area (Å²) < 4.78 is 0. The number of rotatable bonds is 5. The number of amides is 1. The van der Waals surface area contributed by atoms with Gasteiger partial charge in [0, 0.05) is 12.0 Å². The van der Waals surface area contributed by atoms with Crippen LogP contribution in [0.4, 0.5) is 4.79 Å². The fraction of sp³-hybridized carbons (Fsp3) is 0.231. The van der Waals surface area contributed by atoms with Crippen molar-refractivity contribution in [3.05, 3.63) is 35.9 Å². The van der Waals surface area contributed by atoms with Crippen LogP contribution in [0.3, 0.4) is 0 Å². The smallest absolute Gasteiger partial charge is 0.405 e. The zero-order valence-electron chi connectivity index (χ0n) is 9.22. The normalized spacial score (nSPS) is 11.2. The Hall–Kier alpha value is -2.28. The van der Waals surface area contributed by atoms with E-state index in [0.29, 0.717) is 18.4 Å². The van der Waals surface area contributed by atoms with Crippen LogP contribution >= 0.6 is 0 Å². The first kappa shape index (κ1) is 12.8. The van der Waals surface area contributed by atoms with Crippen LogP contribution in [-0.2, 0) is 0 Å². The van der Waals surface area contributed by atoms with Crippen molar-refractivity contribution < 1.29 is 14.7 Å². The third-order valence-electron chi connectivity index (χ3n) is 2.25. The van der Waals surface area contributed by atoms with E-state index in [1.165, 1.54) is 0 Å². The number of carboxylic acid groups (broad SMARTS) is 1. The maximum absolute atomic E-state index is 12.0. The van der Waals surface area contributed by atoms with Crippen molar-refractivity contribution in [2.24, 2.45) is 0 Å². The van der Waals surface area contributed by atoms with Gasteiger partial charge in [-0.05, 0) is 6.42 Å². The third kappa shape index (κ3) is 3.99. The monoisotopic (exact) mass is 231 g/mol. The van der Waals surface area contributed by atoms with E-state index >= 15 is 0 Å². The molecule has 0 aliphatic heterocycles. The molecule has 1 unspecified atom stereocenters. The fourth-order valence-electron chi connectivity index (χ4n) is 1.45. The summed E-state index contributed by atoms with van der Waals surface area (Å²) >= 11 is 0. The van der Waals surface area contributed by atoms with E-state index in [4.69, 9.17) is 11.5 Å². The van der Waals surface area contributed by atoms with Crippen molar-refractivity contribution in [2.45, 2.75) is 18.9 Å². The Morgan fingerprint density at radius 3 is 2.53 bits per heavy atom. The summed E-state index contributed by atoms with van der Waals surface area (Å²) in [6.45, 7) is 0. The maximum Gasteiger partial charge on any atom is 0.405 e. The lowest BCUT2D eigenvalue weighted by atomic mass is 10.0. The Morgan fingerprint density at radius 2 is 2.00 bits per heavy atom. The zero-order valence-corrected chi connectivity index (χ0v) is 9.22. The van der Waals surface area contributed by atoms with E-state index in [0.717, 1.165) is 0 Å². The number of hydrogen-bond donors (Lipinski definition) is 2. The molecule has 1 amide bonds. The highest BCUT2D eigenvalue weighted by molar-refractivity contribution is 6.01. The molecule has 1 rings (SSSR count). The largest absolute Gasteiger partial charge is 0.465 e. The second-order valence-electron chi connectivity index (χ2n) is 3.48. The van der Waals surface area contributed by atoms with Crippen molar-refractivity contribution in [2.75, 3.05) is 0 Å². The summed E-state index contributed by atoms with van der Waals surface area (Å²) in [5, 5.41) is 10.8. The second kappa shape index (κ2) is 6.33. The van der Waals surface area contributed by atoms with Gasteiger partial charge in [-0.15, -0.1) is 12.3 Å². The molecule has 0 aliphatic carbocycles. The van der Waals surface area contributed by atoms with Crippen LogP contribution in [0.25, 0.3) is 0 Å². The molecule has 1 aromatic carbocycles. The summed E-state index contributed by atoms with van der Waals surface area (Å²) in [6, 6.07) is 7.76. The summed E-state index contributed by atoms with van der Waals surface area (Å²) in [4.78, 5) is 22.6. The Balaban J connectivity index is 2.79. The summed E-state index contributed by atoms with van der Waals surface area (Å²) in [6.07, 6.45) is 4.54. The fourth-order valence-corrected chi connectivity index (χ4v) is 1.45. The predicted molar refractivity (Wildman–Crippen MR) is 63.8 cm³/mol. The van der Waals surface area contributed by atoms with Gasteiger partial charge in [0.15, 0.2) is 5.78 Å². The van der Waals surface area contributed by atoms with Crippen molar-refractivity contribution in [1.29, 1.82) is 0 Å². The SMILES string of the molecule is C#CCCC(NC(=O)O)C(=O)c1ccccc1. The summed E-state index contributed by atoms with van der Waals surface area (Å²) in [5.74, 6) is 2.13. The number of carbonyl (C=O) groups is 2. The van der Waals surface area contributed by atoms with E-state index in [1.807, 2.05) is 0 Å². The quantitative estimate of drug-likeness (QED) is 0.601. The van der Waals surface area contributed by atoms with Crippen molar-refractivity contribution in [3.8, 4) is 12.3 Å². The lowest BCUT2D eigenvalue weighted by molar-refractivity contribution is 0.0932. The minimum atomic E-state index is -1.23. The molecule has 1 atom stereocenters. The van der Waals surface area contributed by atoms with Gasteiger partial charge in [-0.3, -0.25) is 4.79 Å². The standard InChI is InChI=1S/C13H13NO3/c1-2-3-9-11(14-13(16)17)12(15)10-7-5-4-6-8-10/h1,4-8,11,14H,3,9H2,(H,16,17). The molecule has 0 spiro atoms. The number of nitrogens with one attached hydrogen (secondary N) is 1. The molecule has 0 saturated carbocycles. The van der Waals surface area contributed by atoms with Gasteiger partial charge in [-0.25, -0.2) is 4.79 Å². The highest BCUT2D eigenvalue weighted by Crippen LogP contribution is 2.07. The van der Waals surface area contributed by atoms with E-state index in [2.05, 4.69) is 11.2 Å². The van der Waals surface area contributed by atoms with Gasteiger partial charge < -0.3 is 10.4 Å². The molecule has 2 N–H and O–H groups in total. The molecule has 4 heteroatoms. The topological polar surface area (TPSA) is 66.4 Å². The predicted octanol–water partition coefficient (Wildman–Crippen LogP) is 1.92. The van der Waals surface area contributed by atoms with Crippen LogP contribution in [-0.4, -0.2) is 23.0 Å². The summed E-state index contributed by atoms with van der Waals surface area (Å²) in [5.41, 5.74) is 0.475. The number of carbonyl (C=O) groups excluding carboxylic acids is 1. The highest BCUT2D eigenvalue weighted by Gasteiger charge is 2.20. The average Bonchev–Trinajstić information content (AvgIpc) is 2.34. The van der Waals surface area contributed by atoms with E-state index in [-0.39, 0.29) is 5.78 Å². The minimum absolute atomic E-state index is 0.261. The van der Waals surface area contributed by atoms with Crippen LogP contribution in [0.1, 0.15) is 23.2 Å². The molecule has 0 radical (unpaired) electrons. The van der Waals surface area contributed by atoms with E-state index in [9.17, 15) is 9.59 Å². The van der Waals surface area contributed by atoms with Crippen LogP contribution in [0.2, 0.25) is 0 Å². The molecule has 88 valence electrons. The van der Waals surface area contributed by atoms with Gasteiger partial charge in [-0.1, -0.05) is 30.3 Å². The van der Waals surface area contributed by atoms with Crippen LogP contribution < -0.4 is 5.32 Å². The number of terminal acetylenes is 1. The van der Waals surface area contributed by atoms with Crippen LogP contribution in [0.15, 0.2) is 30.3 Å². The Kier molecular flexibility index (Phi) is 4.77. The van der Waals surface area contributed by atoms with Gasteiger partial charge in [0.05, 0.1) is 6.04 Å². The lowest BCUT2D eigenvalue weighted by Crippen LogP contribution is -2.40. The molecule has 0 aromatic heterocycles. The highest BCUT2D eigenvalue weighted by atomic mass is 16.4. The number of ketones is 1. The molecule has 4 nitrogen and oxygen atoms in total. The first-order valence-corrected chi connectivity index (χ1v) is 5.17. The first-order valence-electron chi connectivity index (χ1n) is 5.17. The average molecular weight is 231 g/mol. The van der Waals surface area contributed by atoms with Gasteiger partial charge in [0.25, 0.3) is 0 Å². The minimum Gasteiger partial charge on any atom is -0.465 e. The van der Waals surface area contributed by atoms with Crippen LogP contribution in [0, 0.1) is 12.3 Å². The number of benzene rings is 1. The molecule has 0 bridgehead atoms. The maximum atomic E-state index is 12.0. The van der Waals surface area contributed by atoms with Crippen molar-refractivity contribution in [3.63, 3.8) is 0 Å². The Bertz CT molecular complexity index is 434. The van der Waals surface area contributed by atoms with E-state index < -0.39 is 12.1 Å². The second-order valence-corrected chi connectivity index (χ2v) is 3.48. The molecule has 0 fully saturated rings. The Morgan fingerprint density at radius 1 is 1.35 bits per heavy atom. The Labute approximate surface area is 99.7 Å². The molecule has 0 heterocycles. The number of hydrogen-bond acceptors (Lipinski definition) is 2. The molecule has 1 aromatic rings. The lowest BCUT2D eigenvalue weighted by Gasteiger charge is -2.14. The zero-order chi connectivity index (χ0) is 12.7. The molecular weight excluding hydrogens is 218 g/mol.